The number of nitro groups is 1. The molecular weight excluding hydrogens is 168 g/mol. The standard InChI is InChI=1S/C4H6N4O2S/c1-7(2)3-5-6-4(11-3)8(9)10/h1-2H3. The van der Waals surface area contributed by atoms with Gasteiger partial charge in [0.15, 0.2) is 0 Å². The molecule has 1 rings (SSSR count). The molecule has 0 saturated carbocycles. The highest BCUT2D eigenvalue weighted by Gasteiger charge is 2.15. The summed E-state index contributed by atoms with van der Waals surface area (Å²) in [5.41, 5.74) is 0. The van der Waals surface area contributed by atoms with Crippen LogP contribution in [-0.4, -0.2) is 29.2 Å². The van der Waals surface area contributed by atoms with Crippen molar-refractivity contribution in [1.29, 1.82) is 0 Å². The van der Waals surface area contributed by atoms with Gasteiger partial charge in [-0.2, -0.15) is 0 Å². The Kier molecular flexibility index (Phi) is 1.99. The molecule has 0 spiro atoms. The molecule has 0 aromatic carbocycles. The molecule has 0 radical (unpaired) electrons. The van der Waals surface area contributed by atoms with E-state index in [1.165, 1.54) is 0 Å². The van der Waals surface area contributed by atoms with E-state index in [9.17, 15) is 10.1 Å². The van der Waals surface area contributed by atoms with Crippen molar-refractivity contribution in [2.24, 2.45) is 0 Å². The van der Waals surface area contributed by atoms with Crippen LogP contribution in [-0.2, 0) is 0 Å². The van der Waals surface area contributed by atoms with Crippen molar-refractivity contribution in [3.05, 3.63) is 10.1 Å². The van der Waals surface area contributed by atoms with E-state index in [1.807, 2.05) is 0 Å². The molecule has 60 valence electrons. The van der Waals surface area contributed by atoms with Gasteiger partial charge >= 0.3 is 5.13 Å². The molecule has 0 bridgehead atoms. The fourth-order valence-corrected chi connectivity index (χ4v) is 1.05. The van der Waals surface area contributed by atoms with E-state index in [0.29, 0.717) is 5.13 Å². The first-order valence-electron chi connectivity index (χ1n) is 2.76. The first-order chi connectivity index (χ1) is 5.11. The van der Waals surface area contributed by atoms with Crippen molar-refractivity contribution in [1.82, 2.24) is 10.2 Å². The lowest BCUT2D eigenvalue weighted by Gasteiger charge is -2.01. The summed E-state index contributed by atoms with van der Waals surface area (Å²) in [4.78, 5) is 11.3. The van der Waals surface area contributed by atoms with E-state index in [4.69, 9.17) is 0 Å². The highest BCUT2D eigenvalue weighted by Crippen LogP contribution is 2.23. The summed E-state index contributed by atoms with van der Waals surface area (Å²) in [6.45, 7) is 0. The first kappa shape index (κ1) is 7.86. The van der Waals surface area contributed by atoms with Gasteiger partial charge in [-0.3, -0.25) is 0 Å². The lowest BCUT2D eigenvalue weighted by atomic mass is 10.9. The predicted molar refractivity (Wildman–Crippen MR) is 40.9 cm³/mol. The molecule has 0 amide bonds. The molecule has 0 unspecified atom stereocenters. The summed E-state index contributed by atoms with van der Waals surface area (Å²) in [6.07, 6.45) is 0. The lowest BCUT2D eigenvalue weighted by Crippen LogP contribution is -2.07. The Balaban J connectivity index is 2.90. The highest BCUT2D eigenvalue weighted by molar-refractivity contribution is 7.18. The topological polar surface area (TPSA) is 72.2 Å². The fraction of sp³-hybridized carbons (Fsp3) is 0.500. The quantitative estimate of drug-likeness (QED) is 0.482. The second-order valence-electron chi connectivity index (χ2n) is 2.02. The molecular formula is C4H6N4O2S. The van der Waals surface area contributed by atoms with E-state index < -0.39 is 4.92 Å². The number of rotatable bonds is 2. The molecule has 0 fully saturated rings. The monoisotopic (exact) mass is 174 g/mol. The van der Waals surface area contributed by atoms with Crippen LogP contribution >= 0.6 is 11.3 Å². The molecule has 0 aliphatic heterocycles. The van der Waals surface area contributed by atoms with Gasteiger partial charge in [0.2, 0.25) is 5.13 Å². The zero-order valence-electron chi connectivity index (χ0n) is 6.01. The maximum Gasteiger partial charge on any atom is 0.452 e. The minimum Gasteiger partial charge on any atom is -0.357 e. The molecule has 0 saturated heterocycles. The van der Waals surface area contributed by atoms with Crippen LogP contribution in [0.4, 0.5) is 10.3 Å². The molecule has 11 heavy (non-hydrogen) atoms. The average molecular weight is 174 g/mol. The zero-order valence-corrected chi connectivity index (χ0v) is 6.83. The summed E-state index contributed by atoms with van der Waals surface area (Å²) < 4.78 is 0. The van der Waals surface area contributed by atoms with E-state index >= 15 is 0 Å². The normalized spacial score (nSPS) is 9.64. The van der Waals surface area contributed by atoms with Crippen LogP contribution in [0.1, 0.15) is 0 Å². The summed E-state index contributed by atoms with van der Waals surface area (Å²) in [5, 5.41) is 17.5. The van der Waals surface area contributed by atoms with Crippen molar-refractivity contribution >= 4 is 21.6 Å². The maximum absolute atomic E-state index is 10.1. The Hall–Kier alpha value is -1.24. The van der Waals surface area contributed by atoms with Gasteiger partial charge in [0.05, 0.1) is 5.10 Å². The first-order valence-corrected chi connectivity index (χ1v) is 3.58. The van der Waals surface area contributed by atoms with Gasteiger partial charge in [0.1, 0.15) is 0 Å². The Morgan fingerprint density at radius 3 is 2.45 bits per heavy atom. The van der Waals surface area contributed by atoms with Gasteiger partial charge in [-0.25, -0.2) is 0 Å². The molecule has 0 atom stereocenters. The predicted octanol–water partition coefficient (Wildman–Crippen LogP) is 0.512. The number of anilines is 1. The SMILES string of the molecule is CN(C)c1nnc([N+](=O)[O-])s1. The lowest BCUT2D eigenvalue weighted by molar-refractivity contribution is -0.385. The maximum atomic E-state index is 10.1. The molecule has 7 heteroatoms. The van der Waals surface area contributed by atoms with Crippen molar-refractivity contribution in [2.75, 3.05) is 19.0 Å². The molecule has 6 nitrogen and oxygen atoms in total. The minimum atomic E-state index is -0.551. The second kappa shape index (κ2) is 2.79. The van der Waals surface area contributed by atoms with Crippen LogP contribution in [0.3, 0.4) is 0 Å². The Morgan fingerprint density at radius 2 is 2.18 bits per heavy atom. The van der Waals surface area contributed by atoms with E-state index in [2.05, 4.69) is 10.2 Å². The highest BCUT2D eigenvalue weighted by atomic mass is 32.1. The summed E-state index contributed by atoms with van der Waals surface area (Å²) in [6, 6.07) is 0. The van der Waals surface area contributed by atoms with Crippen molar-refractivity contribution < 1.29 is 4.92 Å². The number of hydrogen-bond donors (Lipinski definition) is 0. The molecule has 0 aliphatic carbocycles. The van der Waals surface area contributed by atoms with Gasteiger partial charge in [-0.15, -0.1) is 0 Å². The number of aromatic nitrogens is 2. The molecule has 0 aliphatic rings. The van der Waals surface area contributed by atoms with E-state index in [0.717, 1.165) is 11.3 Å². The Bertz CT molecular complexity index is 271. The van der Waals surface area contributed by atoms with Crippen LogP contribution in [0.5, 0.6) is 0 Å². The smallest absolute Gasteiger partial charge is 0.357 e. The van der Waals surface area contributed by atoms with Crippen LogP contribution in [0, 0.1) is 10.1 Å². The largest absolute Gasteiger partial charge is 0.452 e. The van der Waals surface area contributed by atoms with Gasteiger partial charge < -0.3 is 15.0 Å². The Labute approximate surface area is 66.6 Å². The van der Waals surface area contributed by atoms with Gasteiger partial charge in [0, 0.05) is 25.4 Å². The van der Waals surface area contributed by atoms with Gasteiger partial charge in [0.25, 0.3) is 0 Å². The average Bonchev–Trinajstić information content (AvgIpc) is 2.33. The van der Waals surface area contributed by atoms with Crippen LogP contribution < -0.4 is 4.90 Å². The Morgan fingerprint density at radius 1 is 1.55 bits per heavy atom. The zero-order chi connectivity index (χ0) is 8.43. The molecule has 1 heterocycles. The van der Waals surface area contributed by atoms with E-state index in [1.54, 1.807) is 19.0 Å². The fourth-order valence-electron chi connectivity index (χ4n) is 0.463. The second-order valence-corrected chi connectivity index (χ2v) is 2.95. The molecule has 1 aromatic heterocycles. The number of nitrogens with zero attached hydrogens (tertiary/aromatic N) is 4. The third-order valence-electron chi connectivity index (χ3n) is 0.942. The van der Waals surface area contributed by atoms with Crippen LogP contribution in [0.25, 0.3) is 0 Å². The molecule has 1 aromatic rings. The molecule has 0 N–H and O–H groups in total. The number of hydrogen-bond acceptors (Lipinski definition) is 6. The van der Waals surface area contributed by atoms with Gasteiger partial charge in [-0.05, 0) is 10.0 Å². The third-order valence-corrected chi connectivity index (χ3v) is 1.99. The van der Waals surface area contributed by atoms with E-state index in [-0.39, 0.29) is 5.13 Å². The van der Waals surface area contributed by atoms with Crippen LogP contribution in [0.2, 0.25) is 0 Å². The van der Waals surface area contributed by atoms with Crippen LogP contribution in [0.15, 0.2) is 0 Å². The summed E-state index contributed by atoms with van der Waals surface area (Å²) in [7, 11) is 3.51. The summed E-state index contributed by atoms with van der Waals surface area (Å²) in [5.74, 6) is 0. The third kappa shape index (κ3) is 1.61. The van der Waals surface area contributed by atoms with Crippen molar-refractivity contribution in [2.45, 2.75) is 0 Å². The summed E-state index contributed by atoms with van der Waals surface area (Å²) >= 11 is 0.954. The van der Waals surface area contributed by atoms with Crippen molar-refractivity contribution in [3.8, 4) is 0 Å². The van der Waals surface area contributed by atoms with Gasteiger partial charge in [-0.1, -0.05) is 0 Å². The minimum absolute atomic E-state index is 0.172. The van der Waals surface area contributed by atoms with Crippen molar-refractivity contribution in [3.63, 3.8) is 0 Å².